The van der Waals surface area contributed by atoms with Crippen LogP contribution in [0.2, 0.25) is 0 Å². The maximum absolute atomic E-state index is 11.5. The second kappa shape index (κ2) is 6.06. The molecule has 1 aromatic rings. The Kier molecular flexibility index (Phi) is 4.43. The van der Waals surface area contributed by atoms with E-state index in [4.69, 9.17) is 5.73 Å². The quantitative estimate of drug-likeness (QED) is 0.644. The van der Waals surface area contributed by atoms with Gasteiger partial charge in [-0.25, -0.2) is 0 Å². The first-order valence-corrected chi connectivity index (χ1v) is 6.89. The van der Waals surface area contributed by atoms with Crippen molar-refractivity contribution in [2.75, 3.05) is 37.7 Å². The first-order valence-electron chi connectivity index (χ1n) is 6.89. The first-order chi connectivity index (χ1) is 9.06. The highest BCUT2D eigenvalue weighted by atomic mass is 16.1. The summed E-state index contributed by atoms with van der Waals surface area (Å²) in [6.07, 6.45) is 2.54. The van der Waals surface area contributed by atoms with Gasteiger partial charge in [-0.3, -0.25) is 4.79 Å². The molecule has 1 aliphatic rings. The number of hydrogen-bond donors (Lipinski definition) is 2. The molecule has 1 fully saturated rings. The number of nitrogens with two attached hydrogens (primary N) is 1. The number of benzene rings is 1. The zero-order chi connectivity index (χ0) is 13.8. The molecular formula is C15H23N3O. The number of hydrogen-bond acceptors (Lipinski definition) is 4. The number of anilines is 2. The molecule has 0 spiro atoms. The Morgan fingerprint density at radius 1 is 1.53 bits per heavy atom. The average Bonchev–Trinajstić information content (AvgIpc) is 2.37. The van der Waals surface area contributed by atoms with E-state index in [2.05, 4.69) is 17.3 Å². The molecule has 1 atom stereocenters. The van der Waals surface area contributed by atoms with Crippen LogP contribution in [0, 0.1) is 5.92 Å². The summed E-state index contributed by atoms with van der Waals surface area (Å²) >= 11 is 0. The molecule has 2 rings (SSSR count). The number of piperidine rings is 1. The molecular weight excluding hydrogens is 238 g/mol. The Morgan fingerprint density at radius 3 is 3.00 bits per heavy atom. The third-order valence-electron chi connectivity index (χ3n) is 3.75. The first kappa shape index (κ1) is 13.9. The lowest BCUT2D eigenvalue weighted by atomic mass is 9.98. The summed E-state index contributed by atoms with van der Waals surface area (Å²) in [6.45, 7) is 4.84. The van der Waals surface area contributed by atoms with Crippen LogP contribution in [0.25, 0.3) is 0 Å². The topological polar surface area (TPSA) is 58.4 Å². The molecule has 1 heterocycles. The zero-order valence-electron chi connectivity index (χ0n) is 11.8. The standard InChI is InChI=1S/C15H23N3O/c1-11(19)14-8-13(5-6-15(14)16)17-9-12-4-3-7-18(2)10-12/h5-6,8,12,17H,3-4,7,9-10,16H2,1-2H3. The lowest BCUT2D eigenvalue weighted by Crippen LogP contribution is -2.35. The van der Waals surface area contributed by atoms with Gasteiger partial charge < -0.3 is 16.0 Å². The molecule has 0 aromatic heterocycles. The van der Waals surface area contributed by atoms with Crippen molar-refractivity contribution in [3.05, 3.63) is 23.8 Å². The van der Waals surface area contributed by atoms with Crippen LogP contribution in [0.3, 0.4) is 0 Å². The lowest BCUT2D eigenvalue weighted by molar-refractivity contribution is 0.101. The van der Waals surface area contributed by atoms with Crippen molar-refractivity contribution in [3.63, 3.8) is 0 Å². The molecule has 0 saturated carbocycles. The normalized spacial score (nSPS) is 20.2. The Bertz CT molecular complexity index is 459. The third kappa shape index (κ3) is 3.70. The molecule has 4 heteroatoms. The van der Waals surface area contributed by atoms with Crippen LogP contribution in [0.1, 0.15) is 30.1 Å². The Balaban J connectivity index is 1.96. The van der Waals surface area contributed by atoms with Gasteiger partial charge in [0.1, 0.15) is 0 Å². The van der Waals surface area contributed by atoms with Crippen molar-refractivity contribution < 1.29 is 4.79 Å². The van der Waals surface area contributed by atoms with Gasteiger partial charge in [-0.2, -0.15) is 0 Å². The number of likely N-dealkylation sites (tertiary alicyclic amines) is 1. The van der Waals surface area contributed by atoms with Crippen LogP contribution >= 0.6 is 0 Å². The van der Waals surface area contributed by atoms with E-state index in [0.717, 1.165) is 18.8 Å². The van der Waals surface area contributed by atoms with Gasteiger partial charge in [-0.15, -0.1) is 0 Å². The third-order valence-corrected chi connectivity index (χ3v) is 3.75. The number of carbonyl (C=O) groups is 1. The van der Waals surface area contributed by atoms with Gasteiger partial charge in [0.15, 0.2) is 5.78 Å². The SMILES string of the molecule is CC(=O)c1cc(NCC2CCCN(C)C2)ccc1N. The summed E-state index contributed by atoms with van der Waals surface area (Å²) in [5, 5.41) is 3.42. The number of nitrogen functional groups attached to an aromatic ring is 1. The van der Waals surface area contributed by atoms with Gasteiger partial charge in [0, 0.05) is 30.0 Å². The van der Waals surface area contributed by atoms with Gasteiger partial charge in [0.05, 0.1) is 0 Å². The molecule has 3 N–H and O–H groups in total. The number of ketones is 1. The predicted octanol–water partition coefficient (Wildman–Crippen LogP) is 2.23. The second-order valence-electron chi connectivity index (χ2n) is 5.51. The van der Waals surface area contributed by atoms with E-state index in [0.29, 0.717) is 17.2 Å². The van der Waals surface area contributed by atoms with E-state index in [1.54, 1.807) is 13.0 Å². The van der Waals surface area contributed by atoms with E-state index < -0.39 is 0 Å². The minimum absolute atomic E-state index is 0.0125. The summed E-state index contributed by atoms with van der Waals surface area (Å²) in [5.41, 5.74) is 7.93. The molecule has 1 aliphatic heterocycles. The number of rotatable bonds is 4. The van der Waals surface area contributed by atoms with Gasteiger partial charge >= 0.3 is 0 Å². The minimum Gasteiger partial charge on any atom is -0.398 e. The summed E-state index contributed by atoms with van der Waals surface area (Å²) in [6, 6.07) is 5.59. The highest BCUT2D eigenvalue weighted by Crippen LogP contribution is 2.20. The molecule has 0 bridgehead atoms. The van der Waals surface area contributed by atoms with E-state index in [1.165, 1.54) is 19.4 Å². The van der Waals surface area contributed by atoms with Crippen LogP contribution in [-0.4, -0.2) is 37.4 Å². The highest BCUT2D eigenvalue weighted by molar-refractivity contribution is 5.99. The smallest absolute Gasteiger partial charge is 0.161 e. The Hall–Kier alpha value is -1.55. The fourth-order valence-corrected chi connectivity index (χ4v) is 2.67. The second-order valence-corrected chi connectivity index (χ2v) is 5.51. The molecule has 0 aliphatic carbocycles. The maximum Gasteiger partial charge on any atom is 0.161 e. The molecule has 0 amide bonds. The Labute approximate surface area is 115 Å². The van der Waals surface area contributed by atoms with Gasteiger partial charge in [0.2, 0.25) is 0 Å². The van der Waals surface area contributed by atoms with Crippen molar-refractivity contribution >= 4 is 17.2 Å². The molecule has 0 radical (unpaired) electrons. The molecule has 19 heavy (non-hydrogen) atoms. The van der Waals surface area contributed by atoms with Crippen molar-refractivity contribution in [2.24, 2.45) is 5.92 Å². The van der Waals surface area contributed by atoms with Gasteiger partial charge in [0.25, 0.3) is 0 Å². The Morgan fingerprint density at radius 2 is 2.32 bits per heavy atom. The molecule has 104 valence electrons. The van der Waals surface area contributed by atoms with Gasteiger partial charge in [-0.05, 0) is 57.5 Å². The summed E-state index contributed by atoms with van der Waals surface area (Å²) in [5.74, 6) is 0.690. The van der Waals surface area contributed by atoms with Crippen LogP contribution in [-0.2, 0) is 0 Å². The number of Topliss-reactive ketones (excluding diaryl/α,β-unsaturated/α-hetero) is 1. The number of carbonyl (C=O) groups excluding carboxylic acids is 1. The van der Waals surface area contributed by atoms with Crippen LogP contribution in [0.4, 0.5) is 11.4 Å². The minimum atomic E-state index is 0.0125. The van der Waals surface area contributed by atoms with Crippen molar-refractivity contribution in [1.82, 2.24) is 4.90 Å². The highest BCUT2D eigenvalue weighted by Gasteiger charge is 2.16. The molecule has 1 saturated heterocycles. The predicted molar refractivity (Wildman–Crippen MR) is 79.6 cm³/mol. The van der Waals surface area contributed by atoms with Crippen molar-refractivity contribution in [1.29, 1.82) is 0 Å². The van der Waals surface area contributed by atoms with Crippen LogP contribution < -0.4 is 11.1 Å². The van der Waals surface area contributed by atoms with Crippen LogP contribution in [0.5, 0.6) is 0 Å². The molecule has 1 aromatic carbocycles. The molecule has 1 unspecified atom stereocenters. The van der Waals surface area contributed by atoms with Crippen molar-refractivity contribution in [2.45, 2.75) is 19.8 Å². The summed E-state index contributed by atoms with van der Waals surface area (Å²) in [4.78, 5) is 13.8. The van der Waals surface area contributed by atoms with E-state index in [9.17, 15) is 4.79 Å². The summed E-state index contributed by atoms with van der Waals surface area (Å²) in [7, 11) is 2.17. The molecule has 4 nitrogen and oxygen atoms in total. The van der Waals surface area contributed by atoms with Crippen LogP contribution in [0.15, 0.2) is 18.2 Å². The lowest BCUT2D eigenvalue weighted by Gasteiger charge is -2.30. The zero-order valence-corrected chi connectivity index (χ0v) is 11.8. The monoisotopic (exact) mass is 261 g/mol. The maximum atomic E-state index is 11.5. The van der Waals surface area contributed by atoms with E-state index in [-0.39, 0.29) is 5.78 Å². The van der Waals surface area contributed by atoms with Gasteiger partial charge in [-0.1, -0.05) is 0 Å². The number of nitrogens with zero attached hydrogens (tertiary/aromatic N) is 1. The fourth-order valence-electron chi connectivity index (χ4n) is 2.67. The van der Waals surface area contributed by atoms with Crippen molar-refractivity contribution in [3.8, 4) is 0 Å². The van der Waals surface area contributed by atoms with E-state index >= 15 is 0 Å². The average molecular weight is 261 g/mol. The van der Waals surface area contributed by atoms with E-state index in [1.807, 2.05) is 12.1 Å². The number of nitrogens with one attached hydrogen (secondary N) is 1. The largest absolute Gasteiger partial charge is 0.398 e. The fraction of sp³-hybridized carbons (Fsp3) is 0.533. The summed E-state index contributed by atoms with van der Waals surface area (Å²) < 4.78 is 0.